The highest BCUT2D eigenvalue weighted by molar-refractivity contribution is 5.96. The first kappa shape index (κ1) is 34.2. The van der Waals surface area contributed by atoms with Crippen molar-refractivity contribution in [2.45, 2.75) is 70.5 Å². The average molecular weight is 627 g/mol. The Morgan fingerprint density at radius 2 is 1.69 bits per heavy atom. The monoisotopic (exact) mass is 626 g/mol. The van der Waals surface area contributed by atoms with Gasteiger partial charge in [-0.15, -0.1) is 0 Å². The molecule has 0 bridgehead atoms. The molecule has 1 atom stereocenters. The van der Waals surface area contributed by atoms with Gasteiger partial charge >= 0.3 is 6.18 Å². The fourth-order valence-electron chi connectivity index (χ4n) is 6.16. The van der Waals surface area contributed by atoms with E-state index in [-0.39, 0.29) is 30.0 Å². The van der Waals surface area contributed by atoms with Crippen LogP contribution >= 0.6 is 0 Å². The minimum Gasteiger partial charge on any atom is -0.350 e. The van der Waals surface area contributed by atoms with Gasteiger partial charge < -0.3 is 20.4 Å². The van der Waals surface area contributed by atoms with Crippen molar-refractivity contribution in [1.82, 2.24) is 20.4 Å². The summed E-state index contributed by atoms with van der Waals surface area (Å²) in [6, 6.07) is 12.5. The second-order valence-electron chi connectivity index (χ2n) is 12.4. The fraction of sp³-hybridized carbons (Fsp3) is 0.514. The number of carbonyl (C=O) groups excluding carboxylic acids is 3. The van der Waals surface area contributed by atoms with Gasteiger partial charge in [0.15, 0.2) is 0 Å². The first-order chi connectivity index (χ1) is 21.5. The smallest absolute Gasteiger partial charge is 0.350 e. The van der Waals surface area contributed by atoms with E-state index >= 15 is 0 Å². The number of halogens is 3. The molecular weight excluding hydrogens is 581 g/mol. The predicted octanol–water partition coefficient (Wildman–Crippen LogP) is 5.70. The number of likely N-dealkylation sites (tertiary alicyclic amines) is 2. The van der Waals surface area contributed by atoms with E-state index in [9.17, 15) is 27.6 Å². The lowest BCUT2D eigenvalue weighted by Crippen LogP contribution is -2.43. The number of piperidine rings is 1. The predicted molar refractivity (Wildman–Crippen MR) is 169 cm³/mol. The third-order valence-electron chi connectivity index (χ3n) is 8.86. The lowest BCUT2D eigenvalue weighted by molar-refractivity contribution is -0.137. The van der Waals surface area contributed by atoms with Crippen molar-refractivity contribution >= 4 is 23.3 Å². The van der Waals surface area contributed by atoms with Gasteiger partial charge in [-0.2, -0.15) is 13.2 Å². The molecule has 2 aromatic rings. The summed E-state index contributed by atoms with van der Waals surface area (Å²) in [5.74, 6) is -0.201. The number of rotatable bonds is 13. The SMILES string of the molecule is C=C(C)c1ccc(CCCC(=O)N2CCC(CCCN3CCC(NC(=O)CNC(=O)c4cccc(C(F)(F)F)c4)C3)CC2)cc1. The van der Waals surface area contributed by atoms with E-state index in [0.29, 0.717) is 12.3 Å². The number of nitrogens with one attached hydrogen (secondary N) is 2. The molecule has 2 N–H and O–H groups in total. The van der Waals surface area contributed by atoms with Crippen LogP contribution in [0.5, 0.6) is 0 Å². The van der Waals surface area contributed by atoms with Crippen LogP contribution in [0.3, 0.4) is 0 Å². The van der Waals surface area contributed by atoms with Gasteiger partial charge in [0.2, 0.25) is 11.8 Å². The summed E-state index contributed by atoms with van der Waals surface area (Å²) in [7, 11) is 0. The highest BCUT2D eigenvalue weighted by Gasteiger charge is 2.31. The zero-order valence-electron chi connectivity index (χ0n) is 26.1. The van der Waals surface area contributed by atoms with Crippen LogP contribution in [0.25, 0.3) is 5.57 Å². The molecule has 45 heavy (non-hydrogen) atoms. The van der Waals surface area contributed by atoms with Gasteiger partial charge in [0.25, 0.3) is 5.91 Å². The van der Waals surface area contributed by atoms with Crippen LogP contribution < -0.4 is 10.6 Å². The van der Waals surface area contributed by atoms with Crippen molar-refractivity contribution in [3.05, 3.63) is 77.4 Å². The van der Waals surface area contributed by atoms with Gasteiger partial charge in [-0.25, -0.2) is 0 Å². The van der Waals surface area contributed by atoms with Crippen molar-refractivity contribution in [2.75, 3.05) is 39.3 Å². The number of alkyl halides is 3. The van der Waals surface area contributed by atoms with Crippen LogP contribution in [-0.4, -0.2) is 72.8 Å². The molecule has 0 spiro atoms. The molecule has 2 saturated heterocycles. The molecule has 244 valence electrons. The van der Waals surface area contributed by atoms with E-state index in [1.807, 2.05) is 11.8 Å². The second kappa shape index (κ2) is 16.1. The van der Waals surface area contributed by atoms with Crippen LogP contribution in [0.2, 0.25) is 0 Å². The minimum atomic E-state index is -4.54. The summed E-state index contributed by atoms with van der Waals surface area (Å²) in [6.07, 6.45) is 2.89. The molecule has 2 aliphatic heterocycles. The van der Waals surface area contributed by atoms with E-state index in [4.69, 9.17) is 0 Å². The fourth-order valence-corrected chi connectivity index (χ4v) is 6.16. The summed E-state index contributed by atoms with van der Waals surface area (Å²) in [5, 5.41) is 5.33. The molecule has 0 radical (unpaired) electrons. The zero-order chi connectivity index (χ0) is 32.4. The maximum atomic E-state index is 12.9. The number of allylic oxidation sites excluding steroid dienone is 1. The molecule has 2 heterocycles. The molecule has 0 saturated carbocycles. The molecule has 0 aliphatic carbocycles. The van der Waals surface area contributed by atoms with Gasteiger partial charge in [-0.1, -0.05) is 42.5 Å². The van der Waals surface area contributed by atoms with Crippen LogP contribution in [0.4, 0.5) is 13.2 Å². The van der Waals surface area contributed by atoms with Gasteiger partial charge in [-0.05, 0) is 93.7 Å². The third kappa shape index (κ3) is 10.7. The number of nitrogens with zero attached hydrogens (tertiary/aromatic N) is 2. The van der Waals surface area contributed by atoms with Crippen molar-refractivity contribution in [3.63, 3.8) is 0 Å². The highest BCUT2D eigenvalue weighted by atomic mass is 19.4. The summed E-state index contributed by atoms with van der Waals surface area (Å²) >= 11 is 0. The quantitative estimate of drug-likeness (QED) is 0.299. The third-order valence-corrected chi connectivity index (χ3v) is 8.86. The molecule has 10 heteroatoms. The molecule has 3 amide bonds. The van der Waals surface area contributed by atoms with Crippen LogP contribution in [-0.2, 0) is 22.2 Å². The molecule has 7 nitrogen and oxygen atoms in total. The Kier molecular flexibility index (Phi) is 12.2. The van der Waals surface area contributed by atoms with Crippen molar-refractivity contribution in [2.24, 2.45) is 5.92 Å². The first-order valence-electron chi connectivity index (χ1n) is 16.0. The number of benzene rings is 2. The second-order valence-corrected chi connectivity index (χ2v) is 12.4. The van der Waals surface area contributed by atoms with E-state index < -0.39 is 17.6 Å². The van der Waals surface area contributed by atoms with Gasteiger partial charge in [0, 0.05) is 44.2 Å². The summed E-state index contributed by atoms with van der Waals surface area (Å²) in [5.41, 5.74) is 2.40. The van der Waals surface area contributed by atoms with Gasteiger partial charge in [-0.3, -0.25) is 14.4 Å². The largest absolute Gasteiger partial charge is 0.416 e. The van der Waals surface area contributed by atoms with Crippen LogP contribution in [0, 0.1) is 5.92 Å². The number of amides is 3. The Morgan fingerprint density at radius 3 is 2.38 bits per heavy atom. The topological polar surface area (TPSA) is 81.8 Å². The number of aryl methyl sites for hydroxylation is 1. The average Bonchev–Trinajstić information content (AvgIpc) is 3.46. The Labute approximate surface area is 264 Å². The van der Waals surface area contributed by atoms with E-state index in [1.165, 1.54) is 17.7 Å². The van der Waals surface area contributed by atoms with E-state index in [0.717, 1.165) is 101 Å². The molecule has 4 rings (SSSR count). The number of hydrogen-bond acceptors (Lipinski definition) is 4. The van der Waals surface area contributed by atoms with Crippen molar-refractivity contribution < 1.29 is 27.6 Å². The zero-order valence-corrected chi connectivity index (χ0v) is 26.1. The molecule has 2 aliphatic rings. The Hall–Kier alpha value is -3.66. The molecule has 1 unspecified atom stereocenters. The van der Waals surface area contributed by atoms with Gasteiger partial charge in [0.05, 0.1) is 12.1 Å². The summed E-state index contributed by atoms with van der Waals surface area (Å²) < 4.78 is 38.7. The van der Waals surface area contributed by atoms with Crippen molar-refractivity contribution in [3.8, 4) is 0 Å². The lowest BCUT2D eigenvalue weighted by atomic mass is 9.92. The molecular formula is C35H45F3N4O3. The van der Waals surface area contributed by atoms with Crippen LogP contribution in [0.15, 0.2) is 55.1 Å². The Bertz CT molecular complexity index is 1320. The maximum Gasteiger partial charge on any atom is 0.416 e. The standard InChI is InChI=1S/C35H45F3N4O3/c1-25(2)28-13-11-26(12-14-28)6-3-10-33(44)42-20-15-27(16-21-42)7-5-18-41-19-17-31(24-41)40-32(43)23-39-34(45)29-8-4-9-30(22-29)35(36,37)38/h4,8-9,11-14,22,27,31H,1,3,5-7,10,15-21,23-24H2,2H3,(H,39,45)(H,40,43). The summed E-state index contributed by atoms with van der Waals surface area (Å²) in [6.45, 7) is 9.90. The minimum absolute atomic E-state index is 0.0204. The molecule has 2 fully saturated rings. The maximum absolute atomic E-state index is 12.9. The van der Waals surface area contributed by atoms with Crippen molar-refractivity contribution in [1.29, 1.82) is 0 Å². The van der Waals surface area contributed by atoms with E-state index in [1.54, 1.807) is 0 Å². The molecule has 2 aromatic carbocycles. The van der Waals surface area contributed by atoms with Gasteiger partial charge in [0.1, 0.15) is 0 Å². The van der Waals surface area contributed by atoms with E-state index in [2.05, 4.69) is 46.4 Å². The number of hydrogen-bond donors (Lipinski definition) is 2. The lowest BCUT2D eigenvalue weighted by Gasteiger charge is -2.32. The first-order valence-corrected chi connectivity index (χ1v) is 16.0. The number of carbonyl (C=O) groups is 3. The van der Waals surface area contributed by atoms with Crippen LogP contribution in [0.1, 0.15) is 78.9 Å². The Balaban J connectivity index is 1.05. The highest BCUT2D eigenvalue weighted by Crippen LogP contribution is 2.29. The molecule has 0 aromatic heterocycles. The summed E-state index contributed by atoms with van der Waals surface area (Å²) in [4.78, 5) is 41.7. The Morgan fingerprint density at radius 1 is 0.956 bits per heavy atom. The normalized spacial score (nSPS) is 17.7.